The van der Waals surface area contributed by atoms with Crippen LogP contribution in [-0.2, 0) is 4.79 Å². The first-order valence-corrected chi connectivity index (χ1v) is 11.4. The Balaban J connectivity index is 1.70. The van der Waals surface area contributed by atoms with Gasteiger partial charge in [-0.05, 0) is 74.7 Å². The number of aryl methyl sites for hydroxylation is 1. The number of fused-ring (bicyclic) bond motifs is 1. The van der Waals surface area contributed by atoms with Crippen LogP contribution in [0.2, 0.25) is 0 Å². The van der Waals surface area contributed by atoms with E-state index in [1.165, 1.54) is 0 Å². The maximum atomic E-state index is 13.8. The minimum atomic E-state index is -0.310. The van der Waals surface area contributed by atoms with E-state index in [0.29, 0.717) is 24.3 Å². The van der Waals surface area contributed by atoms with Gasteiger partial charge in [0.15, 0.2) is 0 Å². The highest BCUT2D eigenvalue weighted by Gasteiger charge is 2.39. The largest absolute Gasteiger partial charge is 0.497 e. The number of rotatable bonds is 5. The van der Waals surface area contributed by atoms with Crippen molar-refractivity contribution in [3.05, 3.63) is 89.5 Å². The molecule has 170 valence electrons. The molecular weight excluding hydrogens is 412 g/mol. The molecule has 2 atom stereocenters. The maximum Gasteiger partial charge on any atom is 0.258 e. The number of para-hydroxylation sites is 2. The second kappa shape index (κ2) is 9.49. The van der Waals surface area contributed by atoms with Crippen molar-refractivity contribution in [2.75, 3.05) is 23.5 Å². The van der Waals surface area contributed by atoms with Crippen LogP contribution in [0.3, 0.4) is 0 Å². The molecule has 0 aromatic heterocycles. The van der Waals surface area contributed by atoms with E-state index in [1.807, 2.05) is 79.1 Å². The number of benzene rings is 3. The molecule has 0 spiro atoms. The Bertz CT molecular complexity index is 1160. The van der Waals surface area contributed by atoms with E-state index >= 15 is 0 Å². The Labute approximate surface area is 195 Å². The maximum absolute atomic E-state index is 13.8. The number of carbonyl (C=O) groups excluding carboxylic acids is 2. The molecule has 2 unspecified atom stereocenters. The summed E-state index contributed by atoms with van der Waals surface area (Å²) in [5.74, 6) is 0.397. The normalized spacial score (nSPS) is 17.3. The van der Waals surface area contributed by atoms with Gasteiger partial charge < -0.3 is 14.5 Å². The Hall–Kier alpha value is -3.60. The van der Waals surface area contributed by atoms with Crippen LogP contribution in [0.15, 0.2) is 72.8 Å². The SMILES string of the molecule is CCN(C(=O)C1CC(C)N(C(=O)c2ccc(OC)cc2)c2ccccc21)c1ccccc1C. The van der Waals surface area contributed by atoms with Gasteiger partial charge in [0.2, 0.25) is 5.91 Å². The number of methoxy groups -OCH3 is 1. The Morgan fingerprint density at radius 1 is 1.00 bits per heavy atom. The standard InChI is InChI=1S/C28H30N2O3/c1-5-29(25-12-8-6-10-19(25)2)28(32)24-18-20(3)30(26-13-9-7-11-23(24)26)27(31)21-14-16-22(33-4)17-15-21/h6-17,20,24H,5,18H2,1-4H3. The second-order valence-electron chi connectivity index (χ2n) is 8.47. The molecular formula is C28H30N2O3. The molecule has 3 aromatic carbocycles. The van der Waals surface area contributed by atoms with Crippen molar-refractivity contribution < 1.29 is 14.3 Å². The quantitative estimate of drug-likeness (QED) is 0.518. The molecule has 1 aliphatic rings. The van der Waals surface area contributed by atoms with Gasteiger partial charge in [-0.1, -0.05) is 36.4 Å². The number of anilines is 2. The lowest BCUT2D eigenvalue weighted by atomic mass is 9.84. The van der Waals surface area contributed by atoms with Crippen molar-refractivity contribution in [3.8, 4) is 5.75 Å². The van der Waals surface area contributed by atoms with Crippen LogP contribution >= 0.6 is 0 Å². The molecule has 0 saturated carbocycles. The van der Waals surface area contributed by atoms with Crippen LogP contribution in [0.4, 0.5) is 11.4 Å². The predicted molar refractivity (Wildman–Crippen MR) is 132 cm³/mol. The molecule has 0 bridgehead atoms. The summed E-state index contributed by atoms with van der Waals surface area (Å²) in [5, 5.41) is 0. The van der Waals surface area contributed by atoms with Gasteiger partial charge in [0.05, 0.1) is 13.0 Å². The average Bonchev–Trinajstić information content (AvgIpc) is 2.84. The number of amides is 2. The summed E-state index contributed by atoms with van der Waals surface area (Å²) in [6, 6.07) is 22.8. The molecule has 0 aliphatic carbocycles. The fourth-order valence-corrected chi connectivity index (χ4v) is 4.73. The smallest absolute Gasteiger partial charge is 0.258 e. The third-order valence-corrected chi connectivity index (χ3v) is 6.43. The highest BCUT2D eigenvalue weighted by Crippen LogP contribution is 2.41. The third kappa shape index (κ3) is 4.23. The van der Waals surface area contributed by atoms with Gasteiger partial charge in [-0.25, -0.2) is 0 Å². The summed E-state index contributed by atoms with van der Waals surface area (Å²) >= 11 is 0. The lowest BCUT2D eigenvalue weighted by molar-refractivity contribution is -0.120. The first kappa shape index (κ1) is 22.6. The van der Waals surface area contributed by atoms with Crippen molar-refractivity contribution >= 4 is 23.2 Å². The number of likely N-dealkylation sites (N-methyl/N-ethyl adjacent to an activating group) is 1. The molecule has 1 heterocycles. The predicted octanol–water partition coefficient (Wildman–Crippen LogP) is 5.58. The summed E-state index contributed by atoms with van der Waals surface area (Å²) < 4.78 is 5.22. The summed E-state index contributed by atoms with van der Waals surface area (Å²) in [6.45, 7) is 6.63. The topological polar surface area (TPSA) is 49.9 Å². The van der Waals surface area contributed by atoms with Crippen LogP contribution < -0.4 is 14.5 Å². The lowest BCUT2D eigenvalue weighted by Gasteiger charge is -2.40. The van der Waals surface area contributed by atoms with Crippen molar-refractivity contribution in [1.29, 1.82) is 0 Å². The van der Waals surface area contributed by atoms with E-state index in [0.717, 1.165) is 22.5 Å². The highest BCUT2D eigenvalue weighted by atomic mass is 16.5. The molecule has 0 fully saturated rings. The number of ether oxygens (including phenoxy) is 1. The zero-order chi connectivity index (χ0) is 23.5. The van der Waals surface area contributed by atoms with Crippen LogP contribution in [0.5, 0.6) is 5.75 Å². The fourth-order valence-electron chi connectivity index (χ4n) is 4.73. The fraction of sp³-hybridized carbons (Fsp3) is 0.286. The number of hydrogen-bond acceptors (Lipinski definition) is 3. The molecule has 0 radical (unpaired) electrons. The molecule has 33 heavy (non-hydrogen) atoms. The van der Waals surface area contributed by atoms with Gasteiger partial charge in [-0.15, -0.1) is 0 Å². The molecule has 1 aliphatic heterocycles. The monoisotopic (exact) mass is 442 g/mol. The minimum absolute atomic E-state index is 0.0719. The Kier molecular flexibility index (Phi) is 6.50. The number of nitrogens with zero attached hydrogens (tertiary/aromatic N) is 2. The highest BCUT2D eigenvalue weighted by molar-refractivity contribution is 6.09. The van der Waals surface area contributed by atoms with E-state index in [-0.39, 0.29) is 23.8 Å². The summed E-state index contributed by atoms with van der Waals surface area (Å²) in [7, 11) is 1.60. The first-order valence-electron chi connectivity index (χ1n) is 11.4. The van der Waals surface area contributed by atoms with E-state index < -0.39 is 0 Å². The Morgan fingerprint density at radius 2 is 1.67 bits per heavy atom. The average molecular weight is 443 g/mol. The van der Waals surface area contributed by atoms with Gasteiger partial charge in [-0.3, -0.25) is 9.59 Å². The van der Waals surface area contributed by atoms with Gasteiger partial charge in [0.25, 0.3) is 5.91 Å². The molecule has 5 heteroatoms. The second-order valence-corrected chi connectivity index (χ2v) is 8.47. The van der Waals surface area contributed by atoms with Gasteiger partial charge in [-0.2, -0.15) is 0 Å². The molecule has 0 saturated heterocycles. The summed E-state index contributed by atoms with van der Waals surface area (Å²) in [4.78, 5) is 31.0. The van der Waals surface area contributed by atoms with E-state index in [9.17, 15) is 9.59 Å². The lowest BCUT2D eigenvalue weighted by Crippen LogP contribution is -2.47. The molecule has 5 nitrogen and oxygen atoms in total. The van der Waals surface area contributed by atoms with Crippen LogP contribution in [0.25, 0.3) is 0 Å². The van der Waals surface area contributed by atoms with Crippen molar-refractivity contribution in [3.63, 3.8) is 0 Å². The van der Waals surface area contributed by atoms with E-state index in [2.05, 4.69) is 0 Å². The molecule has 2 amide bonds. The minimum Gasteiger partial charge on any atom is -0.497 e. The zero-order valence-electron chi connectivity index (χ0n) is 19.6. The van der Waals surface area contributed by atoms with Gasteiger partial charge in [0.1, 0.15) is 5.75 Å². The van der Waals surface area contributed by atoms with E-state index in [1.54, 1.807) is 31.4 Å². The van der Waals surface area contributed by atoms with E-state index in [4.69, 9.17) is 4.74 Å². The van der Waals surface area contributed by atoms with Crippen molar-refractivity contribution in [2.24, 2.45) is 0 Å². The molecule has 4 rings (SSSR count). The summed E-state index contributed by atoms with van der Waals surface area (Å²) in [6.07, 6.45) is 0.570. The van der Waals surface area contributed by atoms with Gasteiger partial charge >= 0.3 is 0 Å². The molecule has 0 N–H and O–H groups in total. The zero-order valence-corrected chi connectivity index (χ0v) is 19.6. The van der Waals surface area contributed by atoms with Crippen LogP contribution in [-0.4, -0.2) is 31.5 Å². The van der Waals surface area contributed by atoms with Crippen LogP contribution in [0.1, 0.15) is 47.7 Å². The molecule has 3 aromatic rings. The third-order valence-electron chi connectivity index (χ3n) is 6.43. The first-order chi connectivity index (χ1) is 16.0. The number of hydrogen-bond donors (Lipinski definition) is 0. The van der Waals surface area contributed by atoms with Crippen LogP contribution in [0, 0.1) is 6.92 Å². The number of carbonyl (C=O) groups is 2. The van der Waals surface area contributed by atoms with Crippen molar-refractivity contribution in [1.82, 2.24) is 0 Å². The van der Waals surface area contributed by atoms with Gasteiger partial charge in [0, 0.05) is 29.5 Å². The summed E-state index contributed by atoms with van der Waals surface area (Å²) in [5.41, 5.74) is 4.30. The Morgan fingerprint density at radius 3 is 2.33 bits per heavy atom. The van der Waals surface area contributed by atoms with Crippen molar-refractivity contribution in [2.45, 2.75) is 39.2 Å².